The van der Waals surface area contributed by atoms with Gasteiger partial charge in [-0.05, 0) is 72.0 Å². The van der Waals surface area contributed by atoms with E-state index < -0.39 is 5.41 Å². The Bertz CT molecular complexity index is 1150. The molecule has 0 atom stereocenters. The number of hydrogen-bond acceptors (Lipinski definition) is 5. The molecule has 5 nitrogen and oxygen atoms in total. The van der Waals surface area contributed by atoms with Crippen LogP contribution in [0.25, 0.3) is 0 Å². The molecular formula is C27H24O5. The summed E-state index contributed by atoms with van der Waals surface area (Å²) in [6, 6.07) is 25.2. The van der Waals surface area contributed by atoms with Crippen molar-refractivity contribution in [1.29, 1.82) is 0 Å². The fraction of sp³-hybridized carbons (Fsp3) is 0.111. The van der Waals surface area contributed by atoms with Crippen molar-refractivity contribution >= 4 is 0 Å². The highest BCUT2D eigenvalue weighted by atomic mass is 16.3. The Morgan fingerprint density at radius 2 is 0.875 bits per heavy atom. The average Bonchev–Trinajstić information content (AvgIpc) is 2.77. The highest BCUT2D eigenvalue weighted by Gasteiger charge is 2.37. The molecule has 0 amide bonds. The van der Waals surface area contributed by atoms with Gasteiger partial charge in [0.15, 0.2) is 0 Å². The molecule has 0 spiro atoms. The predicted octanol–water partition coefficient (Wildman–Crippen LogP) is 4.99. The van der Waals surface area contributed by atoms with Crippen molar-refractivity contribution in [3.63, 3.8) is 0 Å². The molecule has 162 valence electrons. The van der Waals surface area contributed by atoms with Gasteiger partial charge in [0.2, 0.25) is 0 Å². The molecule has 0 saturated heterocycles. The zero-order valence-corrected chi connectivity index (χ0v) is 17.3. The number of rotatable bonds is 6. The normalized spacial score (nSPS) is 11.4. The van der Waals surface area contributed by atoms with Crippen LogP contribution in [-0.2, 0) is 18.3 Å². The Morgan fingerprint density at radius 1 is 0.469 bits per heavy atom. The van der Waals surface area contributed by atoms with Gasteiger partial charge in [0.1, 0.15) is 28.7 Å². The molecule has 0 saturated carbocycles. The number of aromatic hydroxyl groups is 5. The first-order chi connectivity index (χ1) is 15.4. The highest BCUT2D eigenvalue weighted by Crippen LogP contribution is 2.44. The first-order valence-electron chi connectivity index (χ1n) is 10.2. The van der Waals surface area contributed by atoms with E-state index in [1.165, 1.54) is 12.1 Å². The van der Waals surface area contributed by atoms with Crippen LogP contribution in [0.5, 0.6) is 28.7 Å². The maximum atomic E-state index is 10.9. The van der Waals surface area contributed by atoms with Crippen LogP contribution in [0.4, 0.5) is 0 Å². The summed E-state index contributed by atoms with van der Waals surface area (Å²) in [6.45, 7) is 0. The lowest BCUT2D eigenvalue weighted by atomic mass is 9.66. The van der Waals surface area contributed by atoms with E-state index in [0.717, 1.165) is 16.7 Å². The number of phenolic OH excluding ortho intramolecular Hbond substituents is 5. The van der Waals surface area contributed by atoms with E-state index in [2.05, 4.69) is 0 Å². The summed E-state index contributed by atoms with van der Waals surface area (Å²) in [4.78, 5) is 0. The molecule has 0 bridgehead atoms. The second-order valence-electron chi connectivity index (χ2n) is 8.02. The van der Waals surface area contributed by atoms with Crippen LogP contribution >= 0.6 is 0 Å². The second-order valence-corrected chi connectivity index (χ2v) is 8.02. The Balaban J connectivity index is 1.95. The summed E-state index contributed by atoms with van der Waals surface area (Å²) in [7, 11) is 0. The first-order valence-corrected chi connectivity index (χ1v) is 10.2. The van der Waals surface area contributed by atoms with Gasteiger partial charge in [-0.3, -0.25) is 0 Å². The topological polar surface area (TPSA) is 101 Å². The molecule has 0 radical (unpaired) electrons. The van der Waals surface area contributed by atoms with E-state index in [0.29, 0.717) is 18.4 Å². The van der Waals surface area contributed by atoms with Crippen LogP contribution in [0.15, 0.2) is 91.0 Å². The second kappa shape index (κ2) is 8.55. The fourth-order valence-corrected chi connectivity index (χ4v) is 4.24. The molecule has 4 aromatic carbocycles. The van der Waals surface area contributed by atoms with E-state index in [4.69, 9.17) is 0 Å². The average molecular weight is 428 g/mol. The van der Waals surface area contributed by atoms with E-state index in [1.54, 1.807) is 42.5 Å². The lowest BCUT2D eigenvalue weighted by Gasteiger charge is -2.36. The van der Waals surface area contributed by atoms with Gasteiger partial charge >= 0.3 is 0 Å². The molecule has 0 aliphatic rings. The lowest BCUT2D eigenvalue weighted by Crippen LogP contribution is -2.33. The minimum atomic E-state index is -0.778. The maximum Gasteiger partial charge on any atom is 0.123 e. The van der Waals surface area contributed by atoms with Crippen molar-refractivity contribution in [1.82, 2.24) is 0 Å². The SMILES string of the molecule is Oc1ccc(CC(Cc2ccc(O)cc2)(c2ccc(O)cc2)c2ccc(O)cc2O)cc1. The molecule has 5 N–H and O–H groups in total. The molecular weight excluding hydrogens is 404 g/mol. The van der Waals surface area contributed by atoms with Gasteiger partial charge in [-0.15, -0.1) is 0 Å². The largest absolute Gasteiger partial charge is 0.508 e. The van der Waals surface area contributed by atoms with E-state index >= 15 is 0 Å². The molecule has 4 rings (SSSR count). The quantitative estimate of drug-likeness (QED) is 0.298. The van der Waals surface area contributed by atoms with Gasteiger partial charge in [-0.1, -0.05) is 42.5 Å². The number of phenols is 5. The van der Waals surface area contributed by atoms with Crippen molar-refractivity contribution in [2.75, 3.05) is 0 Å². The molecule has 0 aliphatic carbocycles. The molecule has 0 fully saturated rings. The van der Waals surface area contributed by atoms with Crippen molar-refractivity contribution in [2.45, 2.75) is 18.3 Å². The van der Waals surface area contributed by atoms with Crippen LogP contribution in [0.1, 0.15) is 22.3 Å². The van der Waals surface area contributed by atoms with Crippen LogP contribution in [-0.4, -0.2) is 25.5 Å². The summed E-state index contributed by atoms with van der Waals surface area (Å²) >= 11 is 0. The minimum Gasteiger partial charge on any atom is -0.508 e. The van der Waals surface area contributed by atoms with Crippen LogP contribution in [0, 0.1) is 0 Å². The van der Waals surface area contributed by atoms with Crippen LogP contribution < -0.4 is 0 Å². The molecule has 32 heavy (non-hydrogen) atoms. The molecule has 0 aromatic heterocycles. The molecule has 0 heterocycles. The smallest absolute Gasteiger partial charge is 0.123 e. The summed E-state index contributed by atoms with van der Waals surface area (Å²) < 4.78 is 0. The summed E-state index contributed by atoms with van der Waals surface area (Å²) in [5.41, 5.74) is 2.56. The van der Waals surface area contributed by atoms with Crippen molar-refractivity contribution < 1.29 is 25.5 Å². The first kappa shape index (κ1) is 21.1. The van der Waals surface area contributed by atoms with Gasteiger partial charge in [-0.25, -0.2) is 0 Å². The Morgan fingerprint density at radius 3 is 1.31 bits per heavy atom. The van der Waals surface area contributed by atoms with Gasteiger partial charge in [0.25, 0.3) is 0 Å². The van der Waals surface area contributed by atoms with Crippen molar-refractivity contribution in [2.24, 2.45) is 0 Å². The van der Waals surface area contributed by atoms with E-state index in [1.807, 2.05) is 36.4 Å². The van der Waals surface area contributed by atoms with Gasteiger partial charge < -0.3 is 25.5 Å². The fourth-order valence-electron chi connectivity index (χ4n) is 4.24. The minimum absolute atomic E-state index is 0.0416. The molecule has 0 aliphatic heterocycles. The standard InChI is InChI=1S/C27H24O5/c28-21-7-1-18(2-8-21)16-27(20-5-11-23(30)12-6-20,17-19-3-9-22(29)10-4-19)25-14-13-24(31)15-26(25)32/h1-15,28-32H,16-17H2. The highest BCUT2D eigenvalue weighted by molar-refractivity contribution is 5.53. The van der Waals surface area contributed by atoms with Crippen molar-refractivity contribution in [3.05, 3.63) is 113 Å². The van der Waals surface area contributed by atoms with Gasteiger partial charge in [-0.2, -0.15) is 0 Å². The van der Waals surface area contributed by atoms with Crippen molar-refractivity contribution in [3.8, 4) is 28.7 Å². The summed E-state index contributed by atoms with van der Waals surface area (Å²) in [6.07, 6.45) is 0.939. The molecule has 5 heteroatoms. The number of benzene rings is 4. The zero-order chi connectivity index (χ0) is 22.7. The summed E-state index contributed by atoms with van der Waals surface area (Å²) in [5.74, 6) is 0.368. The third-order valence-corrected chi connectivity index (χ3v) is 5.80. The van der Waals surface area contributed by atoms with E-state index in [9.17, 15) is 25.5 Å². The molecule has 4 aromatic rings. The molecule has 0 unspecified atom stereocenters. The lowest BCUT2D eigenvalue weighted by molar-refractivity contribution is 0.418. The monoisotopic (exact) mass is 428 g/mol. The zero-order valence-electron chi connectivity index (χ0n) is 17.3. The van der Waals surface area contributed by atoms with E-state index in [-0.39, 0.29) is 28.7 Å². The Hall–Kier alpha value is -4.12. The third-order valence-electron chi connectivity index (χ3n) is 5.80. The summed E-state index contributed by atoms with van der Waals surface area (Å²) in [5, 5.41) is 50.2. The Kier molecular flexibility index (Phi) is 5.65. The Labute approximate surface area is 186 Å². The maximum absolute atomic E-state index is 10.9. The number of hydrogen-bond donors (Lipinski definition) is 5. The third kappa shape index (κ3) is 4.32. The predicted molar refractivity (Wildman–Crippen MR) is 122 cm³/mol. The van der Waals surface area contributed by atoms with Crippen LogP contribution in [0.3, 0.4) is 0 Å². The van der Waals surface area contributed by atoms with Gasteiger partial charge in [0, 0.05) is 17.0 Å². The van der Waals surface area contributed by atoms with Crippen LogP contribution in [0.2, 0.25) is 0 Å². The van der Waals surface area contributed by atoms with Gasteiger partial charge in [0.05, 0.1) is 0 Å².